The Morgan fingerprint density at radius 3 is 2.30 bits per heavy atom. The summed E-state index contributed by atoms with van der Waals surface area (Å²) >= 11 is 0. The second kappa shape index (κ2) is 15.1. The van der Waals surface area contributed by atoms with E-state index in [0.717, 1.165) is 45.5 Å². The number of hydrogen-bond acceptors (Lipinski definition) is 6. The molecule has 240 valence electrons. The van der Waals surface area contributed by atoms with Gasteiger partial charge in [-0.15, -0.1) is 0 Å². The molecule has 8 heteroatoms. The number of nitrogens with zero attached hydrogens (tertiary/aromatic N) is 2. The summed E-state index contributed by atoms with van der Waals surface area (Å²) in [5.74, 6) is 0.338. The second-order valence-corrected chi connectivity index (χ2v) is 11.6. The van der Waals surface area contributed by atoms with Crippen LogP contribution in [0.5, 0.6) is 5.75 Å². The maximum atomic E-state index is 14.2. The van der Waals surface area contributed by atoms with Gasteiger partial charge in [0.1, 0.15) is 11.3 Å². The zero-order chi connectivity index (χ0) is 32.6. The fraction of sp³-hybridized carbons (Fsp3) is 0.316. The highest BCUT2D eigenvalue weighted by Crippen LogP contribution is 2.40. The first-order valence-corrected chi connectivity index (χ1v) is 16.2. The van der Waals surface area contributed by atoms with E-state index in [1.54, 1.807) is 0 Å². The normalized spacial score (nSPS) is 14.7. The van der Waals surface area contributed by atoms with Crippen LogP contribution in [0.4, 0.5) is 5.69 Å². The summed E-state index contributed by atoms with van der Waals surface area (Å²) in [6.45, 7) is 9.28. The summed E-state index contributed by atoms with van der Waals surface area (Å²) in [7, 11) is 0. The number of aryl methyl sites for hydroxylation is 1. The summed E-state index contributed by atoms with van der Waals surface area (Å²) in [5, 5.41) is 2.98. The van der Waals surface area contributed by atoms with E-state index in [1.165, 1.54) is 0 Å². The molecule has 5 rings (SSSR count). The number of benzene rings is 4. The number of rotatable bonds is 11. The Morgan fingerprint density at radius 2 is 1.63 bits per heavy atom. The lowest BCUT2D eigenvalue weighted by Gasteiger charge is -2.43. The first-order valence-electron chi connectivity index (χ1n) is 16.2. The number of carbonyl (C=O) groups excluding carboxylic acids is 2. The molecule has 1 fully saturated rings. The molecule has 4 aromatic carbocycles. The molecule has 5 N–H and O–H groups in total. The van der Waals surface area contributed by atoms with Gasteiger partial charge in [0.25, 0.3) is 11.8 Å². The standard InChI is InChI=1S/C38H45N5O3/c1-4-30-25-42(38(45)32-16-11-26(3)23-33(32)29-14-12-27(24-40)13-15-29)21-22-43(30)34-18-17-31(28-9-7-6-8-10-28)36(46-5-2)35(34)37(44)41-20-19-39/h6-18,23,30H,4-5,19-22,24-25,39-40H2,1-3H3,(H,41,44). The van der Waals surface area contributed by atoms with Gasteiger partial charge in [-0.05, 0) is 60.7 Å². The minimum atomic E-state index is -0.222. The van der Waals surface area contributed by atoms with E-state index in [-0.39, 0.29) is 17.9 Å². The predicted octanol–water partition coefficient (Wildman–Crippen LogP) is 5.62. The molecule has 1 heterocycles. The zero-order valence-electron chi connectivity index (χ0n) is 27.1. The number of carbonyl (C=O) groups is 2. The van der Waals surface area contributed by atoms with E-state index in [2.05, 4.69) is 23.2 Å². The van der Waals surface area contributed by atoms with Crippen LogP contribution in [0.2, 0.25) is 0 Å². The van der Waals surface area contributed by atoms with E-state index in [0.29, 0.717) is 62.8 Å². The molecule has 0 aliphatic carbocycles. The molecular weight excluding hydrogens is 574 g/mol. The van der Waals surface area contributed by atoms with Crippen molar-refractivity contribution in [1.29, 1.82) is 0 Å². The van der Waals surface area contributed by atoms with E-state index in [4.69, 9.17) is 16.2 Å². The molecule has 8 nitrogen and oxygen atoms in total. The summed E-state index contributed by atoms with van der Waals surface area (Å²) in [4.78, 5) is 32.2. The molecule has 2 amide bonds. The minimum absolute atomic E-state index is 0.00587. The Kier molecular flexibility index (Phi) is 10.7. The van der Waals surface area contributed by atoms with E-state index in [1.807, 2.05) is 97.6 Å². The first kappa shape index (κ1) is 32.7. The van der Waals surface area contributed by atoms with Crippen molar-refractivity contribution in [2.45, 2.75) is 39.8 Å². The smallest absolute Gasteiger partial charge is 0.257 e. The lowest BCUT2D eigenvalue weighted by molar-refractivity contribution is 0.0720. The van der Waals surface area contributed by atoms with Crippen LogP contribution in [0.15, 0.2) is 84.9 Å². The highest BCUT2D eigenvalue weighted by atomic mass is 16.5. The Balaban J connectivity index is 1.49. The number of amides is 2. The SMILES string of the molecule is CCOc1c(-c2ccccc2)ccc(N2CCN(C(=O)c3ccc(C)cc3-c3ccc(CN)cc3)CC2CC)c1C(=O)NCCN. The van der Waals surface area contributed by atoms with Crippen LogP contribution >= 0.6 is 0 Å². The maximum Gasteiger partial charge on any atom is 0.257 e. The van der Waals surface area contributed by atoms with E-state index >= 15 is 0 Å². The number of ether oxygens (including phenoxy) is 1. The van der Waals surface area contributed by atoms with Crippen molar-refractivity contribution in [2.24, 2.45) is 11.5 Å². The van der Waals surface area contributed by atoms with Crippen molar-refractivity contribution in [2.75, 3.05) is 44.2 Å². The van der Waals surface area contributed by atoms with Crippen molar-refractivity contribution < 1.29 is 14.3 Å². The highest BCUT2D eigenvalue weighted by molar-refractivity contribution is 6.05. The molecule has 1 atom stereocenters. The van der Waals surface area contributed by atoms with Gasteiger partial charge in [0.2, 0.25) is 0 Å². The summed E-state index contributed by atoms with van der Waals surface area (Å²) in [5.41, 5.74) is 19.4. The lowest BCUT2D eigenvalue weighted by atomic mass is 9.95. The van der Waals surface area contributed by atoms with Gasteiger partial charge in [0.05, 0.1) is 12.3 Å². The Labute approximate surface area is 272 Å². The molecule has 1 aliphatic rings. The highest BCUT2D eigenvalue weighted by Gasteiger charge is 2.34. The average Bonchev–Trinajstić information content (AvgIpc) is 3.10. The molecule has 0 radical (unpaired) electrons. The molecule has 0 aromatic heterocycles. The lowest BCUT2D eigenvalue weighted by Crippen LogP contribution is -2.55. The third-order valence-corrected chi connectivity index (χ3v) is 8.62. The monoisotopic (exact) mass is 619 g/mol. The molecular formula is C38H45N5O3. The number of nitrogens with one attached hydrogen (secondary N) is 1. The van der Waals surface area contributed by atoms with Crippen molar-refractivity contribution in [1.82, 2.24) is 10.2 Å². The van der Waals surface area contributed by atoms with E-state index < -0.39 is 0 Å². The van der Waals surface area contributed by atoms with Crippen LogP contribution in [0.3, 0.4) is 0 Å². The quantitative estimate of drug-likeness (QED) is 0.201. The van der Waals surface area contributed by atoms with Crippen LogP contribution in [0.25, 0.3) is 22.3 Å². The molecule has 1 aliphatic heterocycles. The van der Waals surface area contributed by atoms with Gasteiger partial charge in [-0.25, -0.2) is 0 Å². The topological polar surface area (TPSA) is 114 Å². The van der Waals surface area contributed by atoms with Gasteiger partial charge in [-0.2, -0.15) is 0 Å². The molecule has 0 bridgehead atoms. The van der Waals surface area contributed by atoms with Gasteiger partial charge in [-0.1, -0.05) is 79.2 Å². The number of hydrogen-bond donors (Lipinski definition) is 3. The van der Waals surface area contributed by atoms with Crippen molar-refractivity contribution in [3.63, 3.8) is 0 Å². The molecule has 46 heavy (non-hydrogen) atoms. The van der Waals surface area contributed by atoms with Crippen LogP contribution in [-0.4, -0.2) is 62.1 Å². The van der Waals surface area contributed by atoms with Crippen LogP contribution < -0.4 is 26.4 Å². The van der Waals surface area contributed by atoms with Crippen LogP contribution in [-0.2, 0) is 6.54 Å². The van der Waals surface area contributed by atoms with Crippen molar-refractivity contribution in [3.05, 3.63) is 107 Å². The maximum absolute atomic E-state index is 14.2. The minimum Gasteiger partial charge on any atom is -0.492 e. The molecule has 0 spiro atoms. The molecule has 1 saturated heterocycles. The predicted molar refractivity (Wildman–Crippen MR) is 186 cm³/mol. The average molecular weight is 620 g/mol. The third-order valence-electron chi connectivity index (χ3n) is 8.62. The summed E-state index contributed by atoms with van der Waals surface area (Å²) in [6, 6.07) is 28.1. The van der Waals surface area contributed by atoms with Gasteiger partial charge >= 0.3 is 0 Å². The third kappa shape index (κ3) is 6.93. The van der Waals surface area contributed by atoms with E-state index in [9.17, 15) is 9.59 Å². The van der Waals surface area contributed by atoms with Crippen molar-refractivity contribution >= 4 is 17.5 Å². The largest absolute Gasteiger partial charge is 0.492 e. The molecule has 1 unspecified atom stereocenters. The number of anilines is 1. The second-order valence-electron chi connectivity index (χ2n) is 11.6. The Morgan fingerprint density at radius 1 is 0.891 bits per heavy atom. The van der Waals surface area contributed by atoms with Gasteiger partial charge in [0.15, 0.2) is 0 Å². The van der Waals surface area contributed by atoms with Crippen LogP contribution in [0.1, 0.15) is 52.1 Å². The number of nitrogens with two attached hydrogens (primary N) is 2. The number of piperazine rings is 1. The zero-order valence-corrected chi connectivity index (χ0v) is 27.1. The van der Waals surface area contributed by atoms with Gasteiger partial charge in [-0.3, -0.25) is 9.59 Å². The first-order chi connectivity index (χ1) is 22.4. The summed E-state index contributed by atoms with van der Waals surface area (Å²) in [6.07, 6.45) is 0.791. The van der Waals surface area contributed by atoms with Crippen LogP contribution in [0, 0.1) is 6.92 Å². The summed E-state index contributed by atoms with van der Waals surface area (Å²) < 4.78 is 6.23. The van der Waals surface area contributed by atoms with Gasteiger partial charge in [0, 0.05) is 56.4 Å². The molecule has 4 aromatic rings. The van der Waals surface area contributed by atoms with Gasteiger partial charge < -0.3 is 31.3 Å². The fourth-order valence-corrected chi connectivity index (χ4v) is 6.22. The molecule has 0 saturated carbocycles. The Hall–Kier alpha value is -4.66. The Bertz CT molecular complexity index is 1660. The van der Waals surface area contributed by atoms with Crippen molar-refractivity contribution in [3.8, 4) is 28.0 Å². The fourth-order valence-electron chi connectivity index (χ4n) is 6.22.